The fraction of sp³-hybridized carbons (Fsp3) is 0.714. The molecule has 0 radical (unpaired) electrons. The van der Waals surface area contributed by atoms with Crippen LogP contribution in [-0.2, 0) is 23.0 Å². The minimum absolute atomic E-state index is 0.0789. The van der Waals surface area contributed by atoms with Gasteiger partial charge in [0.2, 0.25) is 5.91 Å². The largest absolute Gasteiger partial charge is 0.373 e. The van der Waals surface area contributed by atoms with Gasteiger partial charge in [-0.15, -0.1) is 0 Å². The summed E-state index contributed by atoms with van der Waals surface area (Å²) in [6.07, 6.45) is 5.01. The van der Waals surface area contributed by atoms with E-state index in [1.165, 1.54) is 0 Å². The maximum absolute atomic E-state index is 11.9. The van der Waals surface area contributed by atoms with Crippen LogP contribution in [0.5, 0.6) is 0 Å². The van der Waals surface area contributed by atoms with Crippen molar-refractivity contribution in [2.24, 2.45) is 7.05 Å². The molecule has 1 fully saturated rings. The monoisotopic (exact) mass is 280 g/mol. The van der Waals surface area contributed by atoms with Crippen LogP contribution in [0.1, 0.15) is 19.4 Å². The fourth-order valence-corrected chi connectivity index (χ4v) is 2.62. The van der Waals surface area contributed by atoms with E-state index >= 15 is 0 Å². The number of nitrogens with one attached hydrogen (secondary N) is 1. The van der Waals surface area contributed by atoms with E-state index in [1.807, 2.05) is 33.3 Å². The Bertz CT molecular complexity index is 436. The Morgan fingerprint density at radius 1 is 1.45 bits per heavy atom. The number of aryl methyl sites for hydroxylation is 1. The molecule has 1 saturated heterocycles. The zero-order valence-electron chi connectivity index (χ0n) is 12.5. The number of hydrogen-bond acceptors (Lipinski definition) is 4. The average Bonchev–Trinajstić information content (AvgIpc) is 2.73. The van der Waals surface area contributed by atoms with Gasteiger partial charge < -0.3 is 10.1 Å². The Morgan fingerprint density at radius 2 is 2.15 bits per heavy atom. The summed E-state index contributed by atoms with van der Waals surface area (Å²) < 4.78 is 7.43. The number of ether oxygens (including phenoxy) is 1. The molecule has 0 aliphatic carbocycles. The van der Waals surface area contributed by atoms with Gasteiger partial charge in [0.25, 0.3) is 0 Å². The summed E-state index contributed by atoms with van der Waals surface area (Å²) in [5, 5.41) is 7.07. The van der Waals surface area contributed by atoms with E-state index in [0.717, 1.165) is 25.1 Å². The van der Waals surface area contributed by atoms with Gasteiger partial charge in [0.05, 0.1) is 24.9 Å². The van der Waals surface area contributed by atoms with E-state index in [1.54, 1.807) is 4.68 Å². The van der Waals surface area contributed by atoms with Crippen molar-refractivity contribution >= 4 is 5.91 Å². The lowest BCUT2D eigenvalue weighted by atomic mass is 10.2. The molecule has 1 aromatic heterocycles. The van der Waals surface area contributed by atoms with Gasteiger partial charge in [-0.25, -0.2) is 0 Å². The number of rotatable bonds is 5. The maximum Gasteiger partial charge on any atom is 0.234 e. The van der Waals surface area contributed by atoms with Gasteiger partial charge >= 0.3 is 0 Å². The lowest BCUT2D eigenvalue weighted by Gasteiger charge is -2.34. The third kappa shape index (κ3) is 4.61. The highest BCUT2D eigenvalue weighted by Gasteiger charge is 2.23. The molecule has 2 heterocycles. The predicted octanol–water partition coefficient (Wildman–Crippen LogP) is 0.188. The lowest BCUT2D eigenvalue weighted by Crippen LogP contribution is -2.49. The topological polar surface area (TPSA) is 59.4 Å². The zero-order chi connectivity index (χ0) is 14.5. The van der Waals surface area contributed by atoms with Crippen LogP contribution in [0.25, 0.3) is 0 Å². The number of aromatic nitrogens is 2. The van der Waals surface area contributed by atoms with Crippen LogP contribution >= 0.6 is 0 Å². The van der Waals surface area contributed by atoms with E-state index in [0.29, 0.717) is 13.1 Å². The molecule has 1 aliphatic heterocycles. The summed E-state index contributed by atoms with van der Waals surface area (Å²) in [4.78, 5) is 14.1. The third-order valence-electron chi connectivity index (χ3n) is 3.36. The Hall–Kier alpha value is -1.40. The van der Waals surface area contributed by atoms with Crippen molar-refractivity contribution in [3.8, 4) is 0 Å². The van der Waals surface area contributed by atoms with Crippen molar-refractivity contribution in [2.45, 2.75) is 32.5 Å². The number of amides is 1. The predicted molar refractivity (Wildman–Crippen MR) is 76.4 cm³/mol. The molecule has 2 rings (SSSR count). The normalized spacial score (nSPS) is 23.8. The quantitative estimate of drug-likeness (QED) is 0.836. The van der Waals surface area contributed by atoms with Gasteiger partial charge in [0.15, 0.2) is 0 Å². The summed E-state index contributed by atoms with van der Waals surface area (Å²) in [6.45, 7) is 6.83. The van der Waals surface area contributed by atoms with Gasteiger partial charge in [-0.2, -0.15) is 5.10 Å². The summed E-state index contributed by atoms with van der Waals surface area (Å²) in [6, 6.07) is 0. The van der Waals surface area contributed by atoms with E-state index in [2.05, 4.69) is 15.3 Å². The molecule has 1 aromatic rings. The smallest absolute Gasteiger partial charge is 0.234 e. The van der Waals surface area contributed by atoms with Crippen molar-refractivity contribution in [1.82, 2.24) is 20.0 Å². The molecule has 6 heteroatoms. The first-order valence-electron chi connectivity index (χ1n) is 7.15. The molecule has 1 aliphatic rings. The second-order valence-electron chi connectivity index (χ2n) is 5.57. The van der Waals surface area contributed by atoms with Crippen molar-refractivity contribution in [1.29, 1.82) is 0 Å². The molecule has 112 valence electrons. The van der Waals surface area contributed by atoms with E-state index in [-0.39, 0.29) is 18.1 Å². The SMILES string of the molecule is C[C@@H]1CN(CC(=O)NCCc2cnn(C)c2)C[C@H](C)O1. The number of nitrogens with zero attached hydrogens (tertiary/aromatic N) is 3. The van der Waals surface area contributed by atoms with Gasteiger partial charge in [-0.3, -0.25) is 14.4 Å². The molecule has 1 amide bonds. The molecule has 6 nitrogen and oxygen atoms in total. The van der Waals surface area contributed by atoms with Crippen molar-refractivity contribution in [3.05, 3.63) is 18.0 Å². The molecule has 2 atom stereocenters. The number of hydrogen-bond donors (Lipinski definition) is 1. The van der Waals surface area contributed by atoms with Crippen molar-refractivity contribution < 1.29 is 9.53 Å². The summed E-state index contributed by atoms with van der Waals surface area (Å²) >= 11 is 0. The second kappa shape index (κ2) is 6.85. The lowest BCUT2D eigenvalue weighted by molar-refractivity contribution is -0.125. The fourth-order valence-electron chi connectivity index (χ4n) is 2.62. The van der Waals surface area contributed by atoms with Crippen LogP contribution in [0.15, 0.2) is 12.4 Å². The first-order valence-corrected chi connectivity index (χ1v) is 7.15. The van der Waals surface area contributed by atoms with E-state index in [9.17, 15) is 4.79 Å². The Morgan fingerprint density at radius 3 is 2.75 bits per heavy atom. The van der Waals surface area contributed by atoms with E-state index in [4.69, 9.17) is 4.74 Å². The van der Waals surface area contributed by atoms with Crippen LogP contribution in [0, 0.1) is 0 Å². The Kier molecular flexibility index (Phi) is 5.14. The van der Waals surface area contributed by atoms with Gasteiger partial charge in [-0.1, -0.05) is 0 Å². The highest BCUT2D eigenvalue weighted by Crippen LogP contribution is 2.09. The van der Waals surface area contributed by atoms with Crippen LogP contribution in [0.3, 0.4) is 0 Å². The minimum atomic E-state index is 0.0789. The van der Waals surface area contributed by atoms with E-state index < -0.39 is 0 Å². The molecular weight excluding hydrogens is 256 g/mol. The van der Waals surface area contributed by atoms with Crippen LogP contribution in [0.2, 0.25) is 0 Å². The van der Waals surface area contributed by atoms with Crippen LogP contribution < -0.4 is 5.32 Å². The Labute approximate surface area is 120 Å². The van der Waals surface area contributed by atoms with Gasteiger partial charge in [0.1, 0.15) is 0 Å². The summed E-state index contributed by atoms with van der Waals surface area (Å²) in [7, 11) is 1.89. The number of morpholine rings is 1. The summed E-state index contributed by atoms with van der Waals surface area (Å²) in [5.41, 5.74) is 1.14. The number of carbonyl (C=O) groups is 1. The number of carbonyl (C=O) groups excluding carboxylic acids is 1. The molecule has 0 saturated carbocycles. The first-order chi connectivity index (χ1) is 9.52. The third-order valence-corrected chi connectivity index (χ3v) is 3.36. The molecule has 0 unspecified atom stereocenters. The first kappa shape index (κ1) is 15.0. The van der Waals surface area contributed by atoms with Crippen molar-refractivity contribution in [2.75, 3.05) is 26.2 Å². The van der Waals surface area contributed by atoms with Gasteiger partial charge in [-0.05, 0) is 25.8 Å². The molecule has 0 spiro atoms. The average molecular weight is 280 g/mol. The summed E-state index contributed by atoms with van der Waals surface area (Å²) in [5.74, 6) is 0.0789. The maximum atomic E-state index is 11.9. The molecule has 0 aromatic carbocycles. The molecular formula is C14H24N4O2. The van der Waals surface area contributed by atoms with Gasteiger partial charge in [0, 0.05) is 32.9 Å². The molecule has 0 bridgehead atoms. The van der Waals surface area contributed by atoms with Crippen LogP contribution in [-0.4, -0.2) is 59.0 Å². The highest BCUT2D eigenvalue weighted by molar-refractivity contribution is 5.78. The zero-order valence-corrected chi connectivity index (χ0v) is 12.5. The van der Waals surface area contributed by atoms with Crippen molar-refractivity contribution in [3.63, 3.8) is 0 Å². The Balaban J connectivity index is 1.67. The minimum Gasteiger partial charge on any atom is -0.373 e. The second-order valence-corrected chi connectivity index (χ2v) is 5.57. The highest BCUT2D eigenvalue weighted by atomic mass is 16.5. The molecule has 1 N–H and O–H groups in total. The standard InChI is InChI=1S/C14H24N4O2/c1-11-7-18(8-12(2)20-11)10-14(19)15-5-4-13-6-16-17(3)9-13/h6,9,11-12H,4-5,7-8,10H2,1-3H3,(H,15,19)/t11-,12+. The molecule has 20 heavy (non-hydrogen) atoms. The van der Waals surface area contributed by atoms with Crippen LogP contribution in [0.4, 0.5) is 0 Å².